The van der Waals surface area contributed by atoms with E-state index in [4.69, 9.17) is 9.47 Å². The second-order valence-electron chi connectivity index (χ2n) is 15.7. The SMILES string of the molecule is CCCCCCCCCCCCCCCCCCCCCC(=O)OCCOC(=O)CCCCCCCCCCCCCCCCCCCCC. The Bertz CT molecular complexity index is 607. The van der Waals surface area contributed by atoms with Crippen molar-refractivity contribution in [2.45, 2.75) is 271 Å². The number of unbranched alkanes of at least 4 members (excludes halogenated alkanes) is 36. The van der Waals surface area contributed by atoms with Crippen LogP contribution in [0.5, 0.6) is 0 Å². The zero-order valence-electron chi connectivity index (χ0n) is 34.3. The van der Waals surface area contributed by atoms with Gasteiger partial charge in [-0.25, -0.2) is 0 Å². The molecule has 50 heavy (non-hydrogen) atoms. The molecule has 0 saturated heterocycles. The number of hydrogen-bond donors (Lipinski definition) is 0. The first-order valence-electron chi connectivity index (χ1n) is 23.0. The minimum absolute atomic E-state index is 0.160. The van der Waals surface area contributed by atoms with Crippen molar-refractivity contribution in [1.29, 1.82) is 0 Å². The van der Waals surface area contributed by atoms with E-state index in [2.05, 4.69) is 13.8 Å². The summed E-state index contributed by atoms with van der Waals surface area (Å²) in [4.78, 5) is 23.9. The van der Waals surface area contributed by atoms with Gasteiger partial charge in [0.25, 0.3) is 0 Å². The highest BCUT2D eigenvalue weighted by molar-refractivity contribution is 5.70. The Kier molecular flexibility index (Phi) is 43.2. The largest absolute Gasteiger partial charge is 0.462 e. The Labute approximate surface area is 314 Å². The van der Waals surface area contributed by atoms with Gasteiger partial charge in [-0.05, 0) is 12.8 Å². The highest BCUT2D eigenvalue weighted by Crippen LogP contribution is 2.17. The van der Waals surface area contributed by atoms with Gasteiger partial charge in [0.2, 0.25) is 0 Å². The molecule has 4 nitrogen and oxygen atoms in total. The lowest BCUT2D eigenvalue weighted by Gasteiger charge is -2.07. The van der Waals surface area contributed by atoms with Crippen molar-refractivity contribution in [3.63, 3.8) is 0 Å². The fourth-order valence-electron chi connectivity index (χ4n) is 7.15. The van der Waals surface area contributed by atoms with Gasteiger partial charge < -0.3 is 9.47 Å². The lowest BCUT2D eigenvalue weighted by Crippen LogP contribution is -2.13. The Hall–Kier alpha value is -1.06. The first-order chi connectivity index (χ1) is 24.7. The maximum atomic E-state index is 12.0. The second-order valence-corrected chi connectivity index (χ2v) is 15.7. The maximum absolute atomic E-state index is 12.0. The monoisotopic (exact) mass is 707 g/mol. The van der Waals surface area contributed by atoms with E-state index in [1.807, 2.05) is 0 Å². The van der Waals surface area contributed by atoms with Gasteiger partial charge in [-0.1, -0.05) is 245 Å². The molecule has 0 rings (SSSR count). The van der Waals surface area contributed by atoms with Crippen molar-refractivity contribution in [1.82, 2.24) is 0 Å². The smallest absolute Gasteiger partial charge is 0.305 e. The standard InChI is InChI=1S/C46H90O4/c1-3-5-7-9-11-13-15-17-19-21-23-25-27-29-31-33-35-37-39-41-45(47)49-43-44-50-46(48)42-40-38-36-34-32-30-28-26-24-22-20-18-16-14-12-10-8-6-4-2/h3-44H2,1-2H3. The number of rotatable bonds is 43. The molecule has 0 heterocycles. The summed E-state index contributed by atoms with van der Waals surface area (Å²) >= 11 is 0. The van der Waals surface area contributed by atoms with Crippen LogP contribution < -0.4 is 0 Å². The van der Waals surface area contributed by atoms with Gasteiger partial charge in [0, 0.05) is 12.8 Å². The van der Waals surface area contributed by atoms with Gasteiger partial charge in [-0.15, -0.1) is 0 Å². The molecule has 0 N–H and O–H groups in total. The van der Waals surface area contributed by atoms with Gasteiger partial charge in [0.05, 0.1) is 0 Å². The topological polar surface area (TPSA) is 52.6 Å². The van der Waals surface area contributed by atoms with Crippen molar-refractivity contribution in [2.75, 3.05) is 13.2 Å². The molecular formula is C46H90O4. The van der Waals surface area contributed by atoms with E-state index < -0.39 is 0 Å². The molecule has 0 unspecified atom stereocenters. The molecular weight excluding hydrogens is 617 g/mol. The van der Waals surface area contributed by atoms with Crippen LogP contribution in [0.4, 0.5) is 0 Å². The van der Waals surface area contributed by atoms with Crippen LogP contribution in [0.1, 0.15) is 271 Å². The molecule has 0 aliphatic heterocycles. The molecule has 0 spiro atoms. The van der Waals surface area contributed by atoms with Crippen LogP contribution in [0.2, 0.25) is 0 Å². The lowest BCUT2D eigenvalue weighted by molar-refractivity contribution is -0.152. The second kappa shape index (κ2) is 44.1. The minimum Gasteiger partial charge on any atom is -0.462 e. The van der Waals surface area contributed by atoms with Crippen molar-refractivity contribution in [2.24, 2.45) is 0 Å². The molecule has 0 aliphatic rings. The quantitative estimate of drug-likeness (QED) is 0.0468. The number of ether oxygens (including phenoxy) is 2. The number of carbonyl (C=O) groups is 2. The summed E-state index contributed by atoms with van der Waals surface area (Å²) in [5.74, 6) is -0.321. The summed E-state index contributed by atoms with van der Waals surface area (Å²) in [6.45, 7) is 4.94. The zero-order chi connectivity index (χ0) is 36.3. The van der Waals surface area contributed by atoms with Crippen molar-refractivity contribution in [3.05, 3.63) is 0 Å². The average molecular weight is 707 g/mol. The maximum Gasteiger partial charge on any atom is 0.305 e. The van der Waals surface area contributed by atoms with Crippen LogP contribution in [0.15, 0.2) is 0 Å². The van der Waals surface area contributed by atoms with Gasteiger partial charge in [0.15, 0.2) is 0 Å². The van der Waals surface area contributed by atoms with E-state index in [0.717, 1.165) is 25.7 Å². The Morgan fingerprint density at radius 1 is 0.260 bits per heavy atom. The third-order valence-electron chi connectivity index (χ3n) is 10.6. The molecule has 4 heteroatoms. The van der Waals surface area contributed by atoms with E-state index in [1.165, 1.54) is 218 Å². The van der Waals surface area contributed by atoms with Gasteiger partial charge in [0.1, 0.15) is 13.2 Å². The summed E-state index contributed by atoms with van der Waals surface area (Å²) in [6.07, 6.45) is 52.3. The zero-order valence-corrected chi connectivity index (χ0v) is 34.3. The molecule has 0 atom stereocenters. The summed E-state index contributed by atoms with van der Waals surface area (Å²) in [6, 6.07) is 0. The van der Waals surface area contributed by atoms with Crippen molar-refractivity contribution >= 4 is 11.9 Å². The molecule has 0 aromatic rings. The number of carbonyl (C=O) groups excluding carboxylic acids is 2. The molecule has 0 amide bonds. The van der Waals surface area contributed by atoms with Crippen LogP contribution in [0.3, 0.4) is 0 Å². The van der Waals surface area contributed by atoms with E-state index in [9.17, 15) is 9.59 Å². The van der Waals surface area contributed by atoms with Gasteiger partial charge >= 0.3 is 11.9 Å². The highest BCUT2D eigenvalue weighted by atomic mass is 16.6. The Morgan fingerprint density at radius 3 is 0.600 bits per heavy atom. The minimum atomic E-state index is -0.160. The summed E-state index contributed by atoms with van der Waals surface area (Å²) in [7, 11) is 0. The summed E-state index contributed by atoms with van der Waals surface area (Å²) in [5.41, 5.74) is 0. The normalized spacial score (nSPS) is 11.3. The lowest BCUT2D eigenvalue weighted by atomic mass is 10.0. The molecule has 0 radical (unpaired) electrons. The highest BCUT2D eigenvalue weighted by Gasteiger charge is 2.06. The van der Waals surface area contributed by atoms with E-state index in [1.54, 1.807) is 0 Å². The molecule has 0 aliphatic carbocycles. The van der Waals surface area contributed by atoms with Crippen molar-refractivity contribution < 1.29 is 19.1 Å². The van der Waals surface area contributed by atoms with Crippen LogP contribution in [-0.2, 0) is 19.1 Å². The van der Waals surface area contributed by atoms with Crippen LogP contribution in [0.25, 0.3) is 0 Å². The van der Waals surface area contributed by atoms with Crippen LogP contribution in [-0.4, -0.2) is 25.2 Å². The fraction of sp³-hybridized carbons (Fsp3) is 0.957. The fourth-order valence-corrected chi connectivity index (χ4v) is 7.15. The third-order valence-corrected chi connectivity index (χ3v) is 10.6. The van der Waals surface area contributed by atoms with Crippen LogP contribution >= 0.6 is 0 Å². The first kappa shape index (κ1) is 48.9. The summed E-state index contributed by atoms with van der Waals surface area (Å²) < 4.78 is 10.5. The Morgan fingerprint density at radius 2 is 0.420 bits per heavy atom. The third kappa shape index (κ3) is 43.1. The average Bonchev–Trinajstić information content (AvgIpc) is 3.12. The summed E-state index contributed by atoms with van der Waals surface area (Å²) in [5, 5.41) is 0. The molecule has 298 valence electrons. The van der Waals surface area contributed by atoms with Gasteiger partial charge in [-0.3, -0.25) is 9.59 Å². The van der Waals surface area contributed by atoms with Gasteiger partial charge in [-0.2, -0.15) is 0 Å². The van der Waals surface area contributed by atoms with E-state index >= 15 is 0 Å². The molecule has 0 aromatic heterocycles. The number of hydrogen-bond acceptors (Lipinski definition) is 4. The molecule has 0 aromatic carbocycles. The van der Waals surface area contributed by atoms with Crippen LogP contribution in [0, 0.1) is 0 Å². The predicted molar refractivity (Wildman–Crippen MR) is 218 cm³/mol. The first-order valence-corrected chi connectivity index (χ1v) is 23.0. The molecule has 0 saturated carbocycles. The van der Waals surface area contributed by atoms with E-state index in [-0.39, 0.29) is 25.2 Å². The van der Waals surface area contributed by atoms with E-state index in [0.29, 0.717) is 12.8 Å². The number of esters is 2. The molecule has 0 fully saturated rings. The Balaban J connectivity index is 3.24. The molecule has 0 bridgehead atoms. The predicted octanol–water partition coefficient (Wildman–Crippen LogP) is 15.7. The van der Waals surface area contributed by atoms with Crippen molar-refractivity contribution in [3.8, 4) is 0 Å².